The molecule has 0 aliphatic heterocycles. The van der Waals surface area contributed by atoms with Crippen molar-refractivity contribution in [3.63, 3.8) is 0 Å². The van der Waals surface area contributed by atoms with Crippen LogP contribution in [-0.4, -0.2) is 13.6 Å². The van der Waals surface area contributed by atoms with Crippen LogP contribution in [-0.2, 0) is 0 Å². The summed E-state index contributed by atoms with van der Waals surface area (Å²) in [5.41, 5.74) is 6.70. The molecule has 1 aliphatic rings. The zero-order chi connectivity index (χ0) is 21.6. The van der Waals surface area contributed by atoms with Gasteiger partial charge in [-0.25, -0.2) is 0 Å². The van der Waals surface area contributed by atoms with Crippen LogP contribution in [0.15, 0.2) is 0 Å². The smallest absolute Gasteiger partial charge is 0.0776 e. The number of hydrogen-bond donors (Lipinski definition) is 1. The van der Waals surface area contributed by atoms with Gasteiger partial charge in [-0.3, -0.25) is 0 Å². The van der Waals surface area contributed by atoms with E-state index in [1.165, 1.54) is 89.5 Å². The fourth-order valence-corrected chi connectivity index (χ4v) is 7.33. The van der Waals surface area contributed by atoms with Crippen LogP contribution >= 0.6 is 0 Å². The van der Waals surface area contributed by atoms with Gasteiger partial charge in [0.15, 0.2) is 0 Å². The molecule has 1 aliphatic carbocycles. The lowest BCUT2D eigenvalue weighted by atomic mass is 9.82. The van der Waals surface area contributed by atoms with E-state index >= 15 is 0 Å². The molecular weight excluding hydrogens is 366 g/mol. The van der Waals surface area contributed by atoms with E-state index in [1.54, 1.807) is 0 Å². The van der Waals surface area contributed by atoms with Gasteiger partial charge in [-0.05, 0) is 37.5 Å². The molecule has 0 aromatic heterocycles. The first-order valence-electron chi connectivity index (χ1n) is 13.1. The second kappa shape index (κ2) is 14.7. The molecule has 1 nitrogen and oxygen atoms in total. The highest BCUT2D eigenvalue weighted by Gasteiger charge is 2.26. The maximum absolute atomic E-state index is 6.95. The molecule has 0 aromatic rings. The minimum Gasteiger partial charge on any atom is -0.315 e. The van der Waals surface area contributed by atoms with Crippen molar-refractivity contribution in [3.05, 3.63) is 0 Å². The van der Waals surface area contributed by atoms with Crippen molar-refractivity contribution in [3.8, 4) is 11.8 Å². The van der Waals surface area contributed by atoms with E-state index < -0.39 is 8.07 Å². The van der Waals surface area contributed by atoms with Gasteiger partial charge in [0.05, 0.1) is 5.54 Å². The van der Waals surface area contributed by atoms with Gasteiger partial charge in [0.2, 0.25) is 0 Å². The predicted octanol–water partition coefficient (Wildman–Crippen LogP) is 8.55. The highest BCUT2D eigenvalue weighted by atomic mass is 28.3. The van der Waals surface area contributed by atoms with E-state index in [-0.39, 0.29) is 5.54 Å². The SMILES string of the molecule is CCCCC#CC(N)(CCCCC1CCCCC1)CCC(CCC)C[Si](C)(C)C. The molecule has 2 unspecified atom stereocenters. The molecule has 0 radical (unpaired) electrons. The first-order valence-corrected chi connectivity index (χ1v) is 16.8. The van der Waals surface area contributed by atoms with Gasteiger partial charge in [-0.15, -0.1) is 5.92 Å². The Hall–Kier alpha value is -0.263. The summed E-state index contributed by atoms with van der Waals surface area (Å²) in [5, 5.41) is 0. The Morgan fingerprint density at radius 2 is 1.66 bits per heavy atom. The summed E-state index contributed by atoms with van der Waals surface area (Å²) in [4.78, 5) is 0. The highest BCUT2D eigenvalue weighted by molar-refractivity contribution is 6.76. The van der Waals surface area contributed by atoms with Crippen LogP contribution in [0.4, 0.5) is 0 Å². The van der Waals surface area contributed by atoms with Crippen molar-refractivity contribution in [2.24, 2.45) is 17.6 Å². The molecule has 0 spiro atoms. The lowest BCUT2D eigenvalue weighted by molar-refractivity contribution is 0.318. The normalized spacial score (nSPS) is 18.7. The molecule has 0 aromatic carbocycles. The van der Waals surface area contributed by atoms with Crippen LogP contribution in [0.2, 0.25) is 25.7 Å². The van der Waals surface area contributed by atoms with Crippen molar-refractivity contribution >= 4 is 8.07 Å². The summed E-state index contributed by atoms with van der Waals surface area (Å²) in [6, 6.07) is 1.45. The van der Waals surface area contributed by atoms with E-state index in [0.717, 1.165) is 31.1 Å². The molecule has 2 heteroatoms. The second-order valence-electron chi connectivity index (χ2n) is 11.3. The van der Waals surface area contributed by atoms with Gasteiger partial charge in [0, 0.05) is 14.5 Å². The number of rotatable bonds is 14. The second-order valence-corrected chi connectivity index (χ2v) is 16.8. The molecule has 0 amide bonds. The standard InChI is InChI=1S/C27H53NSi/c1-6-8-9-14-21-27(28,22-15-13-19-25-17-11-10-12-18-25)23-20-26(16-7-2)24-29(3,4)5/h25-26H,6-13,15-20,22-24,28H2,1-5H3. The van der Waals surface area contributed by atoms with Crippen LogP contribution in [0, 0.1) is 23.7 Å². The highest BCUT2D eigenvalue weighted by Crippen LogP contribution is 2.31. The molecule has 2 N–H and O–H groups in total. The van der Waals surface area contributed by atoms with Gasteiger partial charge in [-0.1, -0.05) is 116 Å². The summed E-state index contributed by atoms with van der Waals surface area (Å²) in [7, 11) is -1.02. The lowest BCUT2D eigenvalue weighted by Crippen LogP contribution is -2.39. The van der Waals surface area contributed by atoms with Crippen LogP contribution in [0.25, 0.3) is 0 Å². The summed E-state index contributed by atoms with van der Waals surface area (Å²) in [6.07, 6.45) is 21.0. The Morgan fingerprint density at radius 3 is 2.28 bits per heavy atom. The van der Waals surface area contributed by atoms with Crippen molar-refractivity contribution in [2.45, 2.75) is 148 Å². The van der Waals surface area contributed by atoms with Gasteiger partial charge in [-0.2, -0.15) is 0 Å². The third-order valence-corrected chi connectivity index (χ3v) is 8.60. The lowest BCUT2D eigenvalue weighted by Gasteiger charge is -2.29. The van der Waals surface area contributed by atoms with Crippen LogP contribution < -0.4 is 5.73 Å². The molecule has 0 saturated heterocycles. The molecule has 2 atom stereocenters. The Morgan fingerprint density at radius 1 is 0.931 bits per heavy atom. The molecular formula is C27H53NSi. The van der Waals surface area contributed by atoms with E-state index in [2.05, 4.69) is 45.3 Å². The number of unbranched alkanes of at least 4 members (excludes halogenated alkanes) is 3. The van der Waals surface area contributed by atoms with Crippen LogP contribution in [0.3, 0.4) is 0 Å². The maximum Gasteiger partial charge on any atom is 0.0776 e. The summed E-state index contributed by atoms with van der Waals surface area (Å²) in [6.45, 7) is 12.1. The summed E-state index contributed by atoms with van der Waals surface area (Å²) < 4.78 is 0. The van der Waals surface area contributed by atoms with E-state index in [9.17, 15) is 0 Å². The first-order chi connectivity index (χ1) is 13.8. The monoisotopic (exact) mass is 419 g/mol. The molecule has 170 valence electrons. The average molecular weight is 420 g/mol. The Balaban J connectivity index is 2.57. The zero-order valence-corrected chi connectivity index (χ0v) is 21.8. The molecule has 0 bridgehead atoms. The Labute approximate surface area is 185 Å². The van der Waals surface area contributed by atoms with Gasteiger partial charge >= 0.3 is 0 Å². The predicted molar refractivity (Wildman–Crippen MR) is 135 cm³/mol. The minimum absolute atomic E-state index is 0.244. The fraction of sp³-hybridized carbons (Fsp3) is 0.926. The van der Waals surface area contributed by atoms with E-state index in [1.807, 2.05) is 0 Å². The van der Waals surface area contributed by atoms with Gasteiger partial charge in [0.25, 0.3) is 0 Å². The quantitative estimate of drug-likeness (QED) is 0.170. The minimum atomic E-state index is -1.02. The summed E-state index contributed by atoms with van der Waals surface area (Å²) >= 11 is 0. The number of nitrogens with two attached hydrogens (primary N) is 1. The van der Waals surface area contributed by atoms with Crippen LogP contribution in [0.1, 0.15) is 117 Å². The number of hydrogen-bond acceptors (Lipinski definition) is 1. The van der Waals surface area contributed by atoms with Gasteiger partial charge < -0.3 is 5.73 Å². The average Bonchev–Trinajstić information content (AvgIpc) is 2.67. The zero-order valence-electron chi connectivity index (χ0n) is 20.8. The van der Waals surface area contributed by atoms with Crippen LogP contribution in [0.5, 0.6) is 0 Å². The van der Waals surface area contributed by atoms with Crippen molar-refractivity contribution < 1.29 is 0 Å². The molecule has 1 rings (SSSR count). The van der Waals surface area contributed by atoms with Crippen molar-refractivity contribution in [2.75, 3.05) is 0 Å². The third-order valence-electron chi connectivity index (χ3n) is 6.80. The molecule has 0 heterocycles. The third kappa shape index (κ3) is 13.6. The van der Waals surface area contributed by atoms with E-state index in [0.29, 0.717) is 0 Å². The van der Waals surface area contributed by atoms with Crippen molar-refractivity contribution in [1.29, 1.82) is 0 Å². The first kappa shape index (κ1) is 26.8. The van der Waals surface area contributed by atoms with E-state index in [4.69, 9.17) is 5.73 Å². The topological polar surface area (TPSA) is 26.0 Å². The largest absolute Gasteiger partial charge is 0.315 e. The summed E-state index contributed by atoms with van der Waals surface area (Å²) in [5.74, 6) is 8.88. The Bertz CT molecular complexity index is 463. The fourth-order valence-electron chi connectivity index (χ4n) is 5.19. The Kier molecular flexibility index (Phi) is 13.6. The molecule has 29 heavy (non-hydrogen) atoms. The van der Waals surface area contributed by atoms with Crippen molar-refractivity contribution in [1.82, 2.24) is 0 Å². The molecule has 1 fully saturated rings. The van der Waals surface area contributed by atoms with Gasteiger partial charge in [0.1, 0.15) is 0 Å². The molecule has 1 saturated carbocycles. The maximum atomic E-state index is 6.95.